The van der Waals surface area contributed by atoms with Crippen molar-refractivity contribution in [3.63, 3.8) is 0 Å². The molecule has 1 unspecified atom stereocenters. The smallest absolute Gasteiger partial charge is 0.267 e. The average Bonchev–Trinajstić information content (AvgIpc) is 2.80. The number of nitrogens with zero attached hydrogens (tertiary/aromatic N) is 1. The van der Waals surface area contributed by atoms with E-state index in [0.717, 1.165) is 16.2 Å². The first-order chi connectivity index (χ1) is 15.4. The molecule has 3 aromatic carbocycles. The van der Waals surface area contributed by atoms with Gasteiger partial charge in [0.25, 0.3) is 15.9 Å². The number of hydrogen-bond donors (Lipinski definition) is 1. The molecule has 0 aromatic heterocycles. The Hall–Kier alpha value is -2.97. The molecule has 0 bridgehead atoms. The summed E-state index contributed by atoms with van der Waals surface area (Å²) in [5.41, 5.74) is 2.06. The summed E-state index contributed by atoms with van der Waals surface area (Å²) < 4.78 is 34.1. The number of sulfonamides is 1. The van der Waals surface area contributed by atoms with E-state index in [1.807, 2.05) is 38.1 Å². The second-order valence-electron chi connectivity index (χ2n) is 7.34. The highest BCUT2D eigenvalue weighted by atomic mass is 32.2. The number of nitrogens with one attached hydrogen (secondary N) is 1. The molecular formula is C24H24N2O4S2. The topological polar surface area (TPSA) is 75.7 Å². The van der Waals surface area contributed by atoms with Crippen LogP contribution in [0, 0.1) is 6.92 Å². The molecule has 6 nitrogen and oxygen atoms in total. The summed E-state index contributed by atoms with van der Waals surface area (Å²) in [6.45, 7) is 3.82. The summed E-state index contributed by atoms with van der Waals surface area (Å²) in [6, 6.07) is 21.1. The maximum atomic E-state index is 13.5. The third-order valence-corrected chi connectivity index (χ3v) is 7.83. The van der Waals surface area contributed by atoms with E-state index in [1.165, 1.54) is 4.31 Å². The molecule has 0 spiro atoms. The van der Waals surface area contributed by atoms with E-state index >= 15 is 0 Å². The highest BCUT2D eigenvalue weighted by Crippen LogP contribution is 2.37. The van der Waals surface area contributed by atoms with Crippen LogP contribution in [0.3, 0.4) is 0 Å². The van der Waals surface area contributed by atoms with Crippen LogP contribution in [0.2, 0.25) is 0 Å². The van der Waals surface area contributed by atoms with E-state index in [9.17, 15) is 13.2 Å². The number of para-hydroxylation sites is 3. The highest BCUT2D eigenvalue weighted by Gasteiger charge is 2.37. The predicted molar refractivity (Wildman–Crippen MR) is 128 cm³/mol. The molecule has 166 valence electrons. The molecule has 0 radical (unpaired) electrons. The molecule has 1 N–H and O–H groups in total. The number of thioether (sulfide) groups is 1. The SMILES string of the molecule is CCSc1ccccc1NC(=O)C1CN(S(=O)(=O)c2ccc(C)cc2)c2ccccc2O1. The minimum absolute atomic E-state index is 0.123. The van der Waals surface area contributed by atoms with Crippen LogP contribution >= 0.6 is 11.8 Å². The zero-order valence-corrected chi connectivity index (χ0v) is 19.4. The number of ether oxygens (including phenoxy) is 1. The van der Waals surface area contributed by atoms with Crippen molar-refractivity contribution in [2.75, 3.05) is 21.9 Å². The van der Waals surface area contributed by atoms with Crippen molar-refractivity contribution in [3.8, 4) is 5.75 Å². The molecule has 8 heteroatoms. The lowest BCUT2D eigenvalue weighted by molar-refractivity contribution is -0.122. The van der Waals surface area contributed by atoms with Crippen molar-refractivity contribution in [2.45, 2.75) is 29.7 Å². The van der Waals surface area contributed by atoms with E-state index in [0.29, 0.717) is 17.1 Å². The quantitative estimate of drug-likeness (QED) is 0.531. The maximum absolute atomic E-state index is 13.5. The summed E-state index contributed by atoms with van der Waals surface area (Å²) in [7, 11) is -3.88. The summed E-state index contributed by atoms with van der Waals surface area (Å²) in [5, 5.41) is 2.91. The standard InChI is InChI=1S/C24H24N2O4S2/c1-3-31-23-11-7-4-8-19(23)25-24(27)22-16-26(20-9-5-6-10-21(20)30-22)32(28,29)18-14-12-17(2)13-15-18/h4-15,22H,3,16H2,1-2H3,(H,25,27). The summed E-state index contributed by atoms with van der Waals surface area (Å²) in [4.78, 5) is 14.2. The third-order valence-electron chi connectivity index (χ3n) is 5.08. The van der Waals surface area contributed by atoms with Gasteiger partial charge >= 0.3 is 0 Å². The van der Waals surface area contributed by atoms with Crippen molar-refractivity contribution in [3.05, 3.63) is 78.4 Å². The lowest BCUT2D eigenvalue weighted by Gasteiger charge is -2.34. The number of anilines is 2. The van der Waals surface area contributed by atoms with E-state index in [-0.39, 0.29) is 11.4 Å². The normalized spacial score (nSPS) is 15.6. The number of carbonyl (C=O) groups excluding carboxylic acids is 1. The Morgan fingerprint density at radius 1 is 1.06 bits per heavy atom. The van der Waals surface area contributed by atoms with Crippen molar-refractivity contribution in [1.29, 1.82) is 0 Å². The maximum Gasteiger partial charge on any atom is 0.267 e. The van der Waals surface area contributed by atoms with Gasteiger partial charge in [0.05, 0.1) is 22.8 Å². The van der Waals surface area contributed by atoms with Gasteiger partial charge < -0.3 is 10.1 Å². The Bertz CT molecular complexity index is 1230. The minimum Gasteiger partial charge on any atom is -0.476 e. The van der Waals surface area contributed by atoms with Crippen LogP contribution in [0.4, 0.5) is 11.4 Å². The van der Waals surface area contributed by atoms with Crippen LogP contribution in [0.1, 0.15) is 12.5 Å². The molecule has 0 saturated carbocycles. The monoisotopic (exact) mass is 468 g/mol. The van der Waals surface area contributed by atoms with Gasteiger partial charge in [-0.1, -0.05) is 48.9 Å². The average molecular weight is 469 g/mol. The molecule has 1 aliphatic rings. The number of hydrogen-bond acceptors (Lipinski definition) is 5. The molecule has 0 fully saturated rings. The fourth-order valence-corrected chi connectivity index (χ4v) is 5.70. The fourth-order valence-electron chi connectivity index (χ4n) is 3.47. The highest BCUT2D eigenvalue weighted by molar-refractivity contribution is 7.99. The molecule has 1 aliphatic heterocycles. The molecule has 1 atom stereocenters. The van der Waals surface area contributed by atoms with E-state index in [2.05, 4.69) is 5.32 Å². The number of carbonyl (C=O) groups is 1. The molecule has 4 rings (SSSR count). The van der Waals surface area contributed by atoms with Gasteiger partial charge in [0.1, 0.15) is 5.75 Å². The first-order valence-corrected chi connectivity index (χ1v) is 12.7. The van der Waals surface area contributed by atoms with Crippen LogP contribution < -0.4 is 14.4 Å². The van der Waals surface area contributed by atoms with Gasteiger partial charge in [0, 0.05) is 4.90 Å². The first kappa shape index (κ1) is 22.2. The van der Waals surface area contributed by atoms with Gasteiger partial charge in [-0.2, -0.15) is 0 Å². The molecule has 32 heavy (non-hydrogen) atoms. The molecular weight excluding hydrogens is 444 g/mol. The first-order valence-electron chi connectivity index (χ1n) is 10.3. The Morgan fingerprint density at radius 2 is 1.75 bits per heavy atom. The van der Waals surface area contributed by atoms with Gasteiger partial charge in [-0.3, -0.25) is 9.10 Å². The second kappa shape index (κ2) is 9.26. The molecule has 0 saturated heterocycles. The van der Waals surface area contributed by atoms with E-state index in [4.69, 9.17) is 4.74 Å². The lowest BCUT2D eigenvalue weighted by atomic mass is 10.2. The Kier molecular flexibility index (Phi) is 6.43. The van der Waals surface area contributed by atoms with Gasteiger partial charge in [0.2, 0.25) is 0 Å². The predicted octanol–water partition coefficient (Wildman–Crippen LogP) is 4.70. The third kappa shape index (κ3) is 4.47. The zero-order chi connectivity index (χ0) is 22.7. The molecule has 3 aromatic rings. The lowest BCUT2D eigenvalue weighted by Crippen LogP contribution is -2.48. The van der Waals surface area contributed by atoms with Gasteiger partial charge in [-0.15, -0.1) is 11.8 Å². The fraction of sp³-hybridized carbons (Fsp3) is 0.208. The van der Waals surface area contributed by atoms with Gasteiger partial charge in [0.15, 0.2) is 6.10 Å². The Labute approximate surface area is 192 Å². The van der Waals surface area contributed by atoms with Crippen LogP contribution in [0.25, 0.3) is 0 Å². The van der Waals surface area contributed by atoms with Crippen LogP contribution in [-0.4, -0.2) is 32.7 Å². The zero-order valence-electron chi connectivity index (χ0n) is 17.8. The van der Waals surface area contributed by atoms with Crippen LogP contribution in [-0.2, 0) is 14.8 Å². The Balaban J connectivity index is 1.65. The summed E-state index contributed by atoms with van der Waals surface area (Å²) in [6.07, 6.45) is -0.996. The van der Waals surface area contributed by atoms with Crippen LogP contribution in [0.15, 0.2) is 82.6 Å². The van der Waals surface area contributed by atoms with Crippen LogP contribution in [0.5, 0.6) is 5.75 Å². The Morgan fingerprint density at radius 3 is 2.50 bits per heavy atom. The number of aryl methyl sites for hydroxylation is 1. The largest absolute Gasteiger partial charge is 0.476 e. The minimum atomic E-state index is -3.88. The molecule has 1 amide bonds. The number of rotatable bonds is 6. The number of benzene rings is 3. The van der Waals surface area contributed by atoms with Crippen molar-refractivity contribution in [2.24, 2.45) is 0 Å². The summed E-state index contributed by atoms with van der Waals surface area (Å²) in [5.74, 6) is 0.821. The van der Waals surface area contributed by atoms with Gasteiger partial charge in [-0.05, 0) is 49.1 Å². The van der Waals surface area contributed by atoms with E-state index < -0.39 is 22.0 Å². The van der Waals surface area contributed by atoms with Crippen molar-refractivity contribution in [1.82, 2.24) is 0 Å². The molecule has 0 aliphatic carbocycles. The second-order valence-corrected chi connectivity index (χ2v) is 10.5. The van der Waals surface area contributed by atoms with E-state index in [1.54, 1.807) is 60.3 Å². The summed E-state index contributed by atoms with van der Waals surface area (Å²) >= 11 is 1.62. The number of amides is 1. The van der Waals surface area contributed by atoms with Crippen molar-refractivity contribution < 1.29 is 17.9 Å². The van der Waals surface area contributed by atoms with Crippen molar-refractivity contribution >= 4 is 39.1 Å². The number of fused-ring (bicyclic) bond motifs is 1. The van der Waals surface area contributed by atoms with Gasteiger partial charge in [-0.25, -0.2) is 8.42 Å². The molecule has 1 heterocycles.